The summed E-state index contributed by atoms with van der Waals surface area (Å²) in [5, 5.41) is 6.58. The van der Waals surface area contributed by atoms with E-state index in [9.17, 15) is 4.79 Å². The standard InChI is InChI=1S/C14H20N2O/c1-10-8-9-13(11(2)15-10)16-14(17)12-6-4-3-5-7-12/h3-7,10-11,13,15H,8-9H2,1-2H3,(H,16,17). The van der Waals surface area contributed by atoms with Gasteiger partial charge in [0.15, 0.2) is 0 Å². The summed E-state index contributed by atoms with van der Waals surface area (Å²) in [5.74, 6) is 0.0267. The van der Waals surface area contributed by atoms with Crippen molar-refractivity contribution in [3.63, 3.8) is 0 Å². The Bertz CT molecular complexity index is 377. The van der Waals surface area contributed by atoms with Crippen LogP contribution >= 0.6 is 0 Å². The van der Waals surface area contributed by atoms with Crippen molar-refractivity contribution in [1.29, 1.82) is 0 Å². The second-order valence-corrected chi connectivity index (χ2v) is 4.88. The second-order valence-electron chi connectivity index (χ2n) is 4.88. The van der Waals surface area contributed by atoms with Gasteiger partial charge in [0, 0.05) is 23.7 Å². The van der Waals surface area contributed by atoms with Gasteiger partial charge in [0.05, 0.1) is 0 Å². The van der Waals surface area contributed by atoms with E-state index in [4.69, 9.17) is 0 Å². The fraction of sp³-hybridized carbons (Fsp3) is 0.500. The number of hydrogen-bond donors (Lipinski definition) is 2. The third-order valence-corrected chi connectivity index (χ3v) is 3.41. The number of hydrogen-bond acceptors (Lipinski definition) is 2. The molecule has 1 heterocycles. The highest BCUT2D eigenvalue weighted by atomic mass is 16.1. The third kappa shape index (κ3) is 3.07. The van der Waals surface area contributed by atoms with E-state index < -0.39 is 0 Å². The first-order valence-electron chi connectivity index (χ1n) is 6.29. The third-order valence-electron chi connectivity index (χ3n) is 3.41. The number of rotatable bonds is 2. The van der Waals surface area contributed by atoms with Crippen molar-refractivity contribution >= 4 is 5.91 Å². The van der Waals surface area contributed by atoms with Crippen LogP contribution in [0.25, 0.3) is 0 Å². The molecule has 2 N–H and O–H groups in total. The van der Waals surface area contributed by atoms with Crippen LogP contribution in [0.4, 0.5) is 0 Å². The molecule has 1 aliphatic rings. The lowest BCUT2D eigenvalue weighted by Gasteiger charge is -2.34. The molecule has 3 atom stereocenters. The van der Waals surface area contributed by atoms with E-state index in [1.54, 1.807) is 0 Å². The molecule has 1 aromatic carbocycles. The number of amides is 1. The summed E-state index contributed by atoms with van der Waals surface area (Å²) in [5.41, 5.74) is 0.735. The average Bonchev–Trinajstić information content (AvgIpc) is 2.34. The summed E-state index contributed by atoms with van der Waals surface area (Å²) < 4.78 is 0. The van der Waals surface area contributed by atoms with Crippen molar-refractivity contribution in [2.24, 2.45) is 0 Å². The summed E-state index contributed by atoms with van der Waals surface area (Å²) in [7, 11) is 0. The molecule has 0 saturated carbocycles. The minimum absolute atomic E-state index is 0.0267. The molecule has 0 spiro atoms. The number of nitrogens with one attached hydrogen (secondary N) is 2. The fourth-order valence-electron chi connectivity index (χ4n) is 2.37. The van der Waals surface area contributed by atoms with Crippen molar-refractivity contribution in [3.8, 4) is 0 Å². The highest BCUT2D eigenvalue weighted by molar-refractivity contribution is 5.94. The van der Waals surface area contributed by atoms with Gasteiger partial charge < -0.3 is 10.6 Å². The summed E-state index contributed by atoms with van der Waals surface area (Å²) in [4.78, 5) is 12.0. The first-order valence-corrected chi connectivity index (χ1v) is 6.29. The SMILES string of the molecule is CC1CCC(NC(=O)c2ccccc2)C(C)N1. The van der Waals surface area contributed by atoms with E-state index in [0.717, 1.165) is 18.4 Å². The second kappa shape index (κ2) is 5.32. The van der Waals surface area contributed by atoms with Gasteiger partial charge in [-0.1, -0.05) is 18.2 Å². The Balaban J connectivity index is 1.95. The molecular formula is C14H20N2O. The lowest BCUT2D eigenvalue weighted by atomic mass is 9.95. The molecule has 3 unspecified atom stereocenters. The van der Waals surface area contributed by atoms with Gasteiger partial charge in [-0.05, 0) is 38.8 Å². The topological polar surface area (TPSA) is 41.1 Å². The van der Waals surface area contributed by atoms with Crippen LogP contribution in [0.5, 0.6) is 0 Å². The lowest BCUT2D eigenvalue weighted by Crippen LogP contribution is -2.54. The monoisotopic (exact) mass is 232 g/mol. The van der Waals surface area contributed by atoms with E-state index >= 15 is 0 Å². The lowest BCUT2D eigenvalue weighted by molar-refractivity contribution is 0.0914. The zero-order chi connectivity index (χ0) is 12.3. The summed E-state index contributed by atoms with van der Waals surface area (Å²) in [6.07, 6.45) is 2.16. The Morgan fingerprint density at radius 3 is 2.59 bits per heavy atom. The highest BCUT2D eigenvalue weighted by Gasteiger charge is 2.25. The Kier molecular flexibility index (Phi) is 3.79. The van der Waals surface area contributed by atoms with E-state index in [1.807, 2.05) is 30.3 Å². The molecule has 17 heavy (non-hydrogen) atoms. The molecule has 0 aliphatic carbocycles. The minimum Gasteiger partial charge on any atom is -0.348 e. The number of piperidine rings is 1. The maximum absolute atomic E-state index is 12.0. The van der Waals surface area contributed by atoms with Crippen LogP contribution in [0.15, 0.2) is 30.3 Å². The maximum atomic E-state index is 12.0. The van der Waals surface area contributed by atoms with Crippen LogP contribution in [0, 0.1) is 0 Å². The first kappa shape index (κ1) is 12.1. The Morgan fingerprint density at radius 2 is 1.94 bits per heavy atom. The van der Waals surface area contributed by atoms with Crippen LogP contribution < -0.4 is 10.6 Å². The number of carbonyl (C=O) groups excluding carboxylic acids is 1. The van der Waals surface area contributed by atoms with E-state index in [1.165, 1.54) is 0 Å². The maximum Gasteiger partial charge on any atom is 0.251 e. The molecule has 2 rings (SSSR count). The van der Waals surface area contributed by atoms with Gasteiger partial charge in [-0.3, -0.25) is 4.79 Å². The van der Waals surface area contributed by atoms with Crippen molar-refractivity contribution in [2.45, 2.75) is 44.8 Å². The molecule has 3 heteroatoms. The molecule has 1 aliphatic heterocycles. The molecule has 92 valence electrons. The van der Waals surface area contributed by atoms with E-state index in [-0.39, 0.29) is 11.9 Å². The zero-order valence-electron chi connectivity index (χ0n) is 10.4. The smallest absolute Gasteiger partial charge is 0.251 e. The Hall–Kier alpha value is -1.35. The van der Waals surface area contributed by atoms with Crippen LogP contribution in [-0.2, 0) is 0 Å². The molecule has 0 radical (unpaired) electrons. The molecule has 1 fully saturated rings. The van der Waals surface area contributed by atoms with Gasteiger partial charge in [-0.15, -0.1) is 0 Å². The Morgan fingerprint density at radius 1 is 1.24 bits per heavy atom. The normalized spacial score (nSPS) is 28.7. The predicted molar refractivity (Wildman–Crippen MR) is 69.0 cm³/mol. The molecule has 3 nitrogen and oxygen atoms in total. The van der Waals surface area contributed by atoms with Crippen LogP contribution in [0.3, 0.4) is 0 Å². The number of carbonyl (C=O) groups is 1. The van der Waals surface area contributed by atoms with Gasteiger partial charge >= 0.3 is 0 Å². The van der Waals surface area contributed by atoms with Crippen molar-refractivity contribution in [1.82, 2.24) is 10.6 Å². The van der Waals surface area contributed by atoms with Gasteiger partial charge in [-0.25, -0.2) is 0 Å². The summed E-state index contributed by atoms with van der Waals surface area (Å²) in [6.45, 7) is 4.32. The fourth-order valence-corrected chi connectivity index (χ4v) is 2.37. The van der Waals surface area contributed by atoms with Gasteiger partial charge in [-0.2, -0.15) is 0 Å². The van der Waals surface area contributed by atoms with E-state index in [0.29, 0.717) is 12.1 Å². The van der Waals surface area contributed by atoms with Crippen LogP contribution in [0.2, 0.25) is 0 Å². The molecule has 0 aromatic heterocycles. The van der Waals surface area contributed by atoms with E-state index in [2.05, 4.69) is 24.5 Å². The first-order chi connectivity index (χ1) is 8.16. The summed E-state index contributed by atoms with van der Waals surface area (Å²) in [6, 6.07) is 10.5. The van der Waals surface area contributed by atoms with Gasteiger partial charge in [0.25, 0.3) is 5.91 Å². The molecule has 1 aromatic rings. The van der Waals surface area contributed by atoms with Crippen molar-refractivity contribution in [2.75, 3.05) is 0 Å². The molecular weight excluding hydrogens is 212 g/mol. The highest BCUT2D eigenvalue weighted by Crippen LogP contribution is 2.13. The van der Waals surface area contributed by atoms with Crippen molar-refractivity contribution < 1.29 is 4.79 Å². The molecule has 0 bridgehead atoms. The number of benzene rings is 1. The average molecular weight is 232 g/mol. The minimum atomic E-state index is 0.0267. The Labute approximate surface area is 103 Å². The van der Waals surface area contributed by atoms with Crippen LogP contribution in [0.1, 0.15) is 37.0 Å². The molecule has 1 amide bonds. The quantitative estimate of drug-likeness (QED) is 0.818. The summed E-state index contributed by atoms with van der Waals surface area (Å²) >= 11 is 0. The predicted octanol–water partition coefficient (Wildman–Crippen LogP) is 1.95. The van der Waals surface area contributed by atoms with Crippen molar-refractivity contribution in [3.05, 3.63) is 35.9 Å². The largest absolute Gasteiger partial charge is 0.348 e. The van der Waals surface area contributed by atoms with Gasteiger partial charge in [0.1, 0.15) is 0 Å². The molecule has 1 saturated heterocycles. The zero-order valence-corrected chi connectivity index (χ0v) is 10.4. The van der Waals surface area contributed by atoms with Gasteiger partial charge in [0.2, 0.25) is 0 Å². The van der Waals surface area contributed by atoms with Crippen LogP contribution in [-0.4, -0.2) is 24.0 Å².